The Bertz CT molecular complexity index is 1800. The van der Waals surface area contributed by atoms with E-state index in [1.54, 1.807) is 12.1 Å². The molecule has 3 aliphatic rings. The maximum absolute atomic E-state index is 14.1. The number of para-hydroxylation sites is 1. The molecule has 6 heteroatoms. The van der Waals surface area contributed by atoms with Gasteiger partial charge in [0.15, 0.2) is 0 Å². The van der Waals surface area contributed by atoms with E-state index in [4.69, 9.17) is 4.74 Å². The van der Waals surface area contributed by atoms with Crippen molar-refractivity contribution in [3.8, 4) is 5.75 Å². The Morgan fingerprint density at radius 2 is 1.53 bits per heavy atom. The van der Waals surface area contributed by atoms with Crippen LogP contribution in [0.2, 0.25) is 0 Å². The summed E-state index contributed by atoms with van der Waals surface area (Å²) in [5.41, 5.74) is 8.42. The van der Waals surface area contributed by atoms with E-state index in [2.05, 4.69) is 30.4 Å². The van der Waals surface area contributed by atoms with Crippen molar-refractivity contribution >= 4 is 40.5 Å². The second-order valence-corrected chi connectivity index (χ2v) is 12.8. The summed E-state index contributed by atoms with van der Waals surface area (Å²) in [6, 6.07) is 35.1. The van der Waals surface area contributed by atoms with Gasteiger partial charge in [0.1, 0.15) is 5.75 Å². The molecule has 1 aliphatic carbocycles. The molecule has 0 aromatic heterocycles. The molecule has 2 saturated heterocycles. The number of ether oxygens (including phenoxy) is 1. The smallest absolute Gasteiger partial charge is 0.238 e. The fraction of sp³-hybridized carbons (Fsp3) is 0.268. The van der Waals surface area contributed by atoms with Crippen LogP contribution in [0, 0.1) is 17.8 Å². The van der Waals surface area contributed by atoms with Crippen LogP contribution in [0.1, 0.15) is 50.2 Å². The number of nitrogens with zero attached hydrogens (tertiary/aromatic N) is 1. The van der Waals surface area contributed by atoms with E-state index in [9.17, 15) is 14.7 Å². The standard InChI is InChI=1S/C41H40N2O4/c1-2-9-30-25-35-39(41(46)43(40(35)45)33-19-17-32(18-20-33)42-31-12-7-4-8-13-31)36-26-47-37(38(30)36)23-16-29(28-10-5-3-6-11-28)24-27-14-21-34(44)22-15-27/h3-8,10-15,17-22,24,35-37,39,42,44H,2,9,16,23,25-26H2,1H3/b29-24-/t35-,36+,37-,39-/m1/s1. The minimum atomic E-state index is -0.397. The summed E-state index contributed by atoms with van der Waals surface area (Å²) in [4.78, 5) is 29.4. The number of phenols is 1. The molecule has 2 fully saturated rings. The number of anilines is 3. The highest BCUT2D eigenvalue weighted by Gasteiger charge is 2.57. The van der Waals surface area contributed by atoms with Crippen LogP contribution in [0.25, 0.3) is 11.6 Å². The SMILES string of the molecule is CCCC1=C2[C@@H](CC/C(=C/c3ccc(O)cc3)c3ccccc3)OC[C@@H]2[C@@H]2C(=O)N(c3ccc(Nc4ccccc4)cc3)C(=O)[C@@H]2C1. The maximum Gasteiger partial charge on any atom is 0.238 e. The molecular formula is C41H40N2O4. The first-order chi connectivity index (χ1) is 23.0. The highest BCUT2D eigenvalue weighted by molar-refractivity contribution is 6.22. The number of allylic oxidation sites excluding steroid dienone is 2. The zero-order valence-electron chi connectivity index (χ0n) is 26.6. The summed E-state index contributed by atoms with van der Waals surface area (Å²) < 4.78 is 6.53. The van der Waals surface area contributed by atoms with Gasteiger partial charge >= 0.3 is 0 Å². The second-order valence-electron chi connectivity index (χ2n) is 12.8. The molecule has 0 saturated carbocycles. The zero-order valence-corrected chi connectivity index (χ0v) is 26.6. The highest BCUT2D eigenvalue weighted by Crippen LogP contribution is 2.51. The molecule has 2 N–H and O–H groups in total. The van der Waals surface area contributed by atoms with Gasteiger partial charge < -0.3 is 15.2 Å². The predicted molar refractivity (Wildman–Crippen MR) is 187 cm³/mol. The number of hydrogen-bond donors (Lipinski definition) is 2. The Kier molecular flexibility index (Phi) is 8.77. The van der Waals surface area contributed by atoms with Gasteiger partial charge in [-0.3, -0.25) is 14.5 Å². The number of amides is 2. The monoisotopic (exact) mass is 624 g/mol. The lowest BCUT2D eigenvalue weighted by atomic mass is 9.68. The molecule has 7 rings (SSSR count). The zero-order chi connectivity index (χ0) is 32.3. The molecule has 6 nitrogen and oxygen atoms in total. The molecule has 2 aliphatic heterocycles. The van der Waals surface area contributed by atoms with E-state index >= 15 is 0 Å². The first-order valence-electron chi connectivity index (χ1n) is 16.7. The van der Waals surface area contributed by atoms with Crippen molar-refractivity contribution in [2.24, 2.45) is 17.8 Å². The normalized spacial score (nSPS) is 22.4. The molecule has 0 unspecified atom stereocenters. The van der Waals surface area contributed by atoms with E-state index in [-0.39, 0.29) is 35.5 Å². The number of carbonyl (C=O) groups excluding carboxylic acids is 2. The predicted octanol–water partition coefficient (Wildman–Crippen LogP) is 8.78. The van der Waals surface area contributed by atoms with Crippen LogP contribution in [-0.2, 0) is 14.3 Å². The van der Waals surface area contributed by atoms with Crippen LogP contribution < -0.4 is 10.2 Å². The molecule has 47 heavy (non-hydrogen) atoms. The molecular weight excluding hydrogens is 584 g/mol. The molecule has 0 radical (unpaired) electrons. The fourth-order valence-corrected chi connectivity index (χ4v) is 7.66. The van der Waals surface area contributed by atoms with Crippen molar-refractivity contribution in [1.29, 1.82) is 0 Å². The Morgan fingerprint density at radius 1 is 0.851 bits per heavy atom. The van der Waals surface area contributed by atoms with Crippen LogP contribution in [0.3, 0.4) is 0 Å². The van der Waals surface area contributed by atoms with Crippen LogP contribution in [0.4, 0.5) is 17.1 Å². The lowest BCUT2D eigenvalue weighted by Crippen LogP contribution is -2.34. The van der Waals surface area contributed by atoms with Gasteiger partial charge in [-0.2, -0.15) is 0 Å². The van der Waals surface area contributed by atoms with Crippen LogP contribution in [0.5, 0.6) is 5.75 Å². The summed E-state index contributed by atoms with van der Waals surface area (Å²) in [5.74, 6) is -0.786. The van der Waals surface area contributed by atoms with Crippen molar-refractivity contribution in [3.05, 3.63) is 131 Å². The number of phenolic OH excluding ortho intramolecular Hbond substituents is 1. The first-order valence-corrected chi connectivity index (χ1v) is 16.7. The Morgan fingerprint density at radius 3 is 2.23 bits per heavy atom. The molecule has 4 aromatic carbocycles. The van der Waals surface area contributed by atoms with Crippen LogP contribution >= 0.6 is 0 Å². The number of imide groups is 1. The average molecular weight is 625 g/mol. The van der Waals surface area contributed by atoms with Crippen LogP contribution in [-0.4, -0.2) is 29.6 Å². The van der Waals surface area contributed by atoms with E-state index in [1.807, 2.05) is 84.9 Å². The van der Waals surface area contributed by atoms with Gasteiger partial charge in [0.25, 0.3) is 0 Å². The minimum absolute atomic E-state index is 0.0815. The summed E-state index contributed by atoms with van der Waals surface area (Å²) in [6.07, 6.45) is 6.18. The van der Waals surface area contributed by atoms with Gasteiger partial charge in [-0.05, 0) is 96.5 Å². The third kappa shape index (κ3) is 6.26. The number of aromatic hydroxyl groups is 1. The Hall–Kier alpha value is -4.94. The molecule has 0 spiro atoms. The second kappa shape index (κ2) is 13.4. The van der Waals surface area contributed by atoms with Gasteiger partial charge in [-0.15, -0.1) is 0 Å². The van der Waals surface area contributed by atoms with Gasteiger partial charge in [-0.25, -0.2) is 0 Å². The van der Waals surface area contributed by atoms with Crippen LogP contribution in [0.15, 0.2) is 120 Å². The Balaban J connectivity index is 1.11. The first kappa shape index (κ1) is 30.7. The quantitative estimate of drug-likeness (QED) is 0.105. The lowest BCUT2D eigenvalue weighted by molar-refractivity contribution is -0.122. The van der Waals surface area contributed by atoms with E-state index < -0.39 is 5.92 Å². The number of rotatable bonds is 10. The molecule has 238 valence electrons. The third-order valence-electron chi connectivity index (χ3n) is 9.80. The Labute approximate surface area is 276 Å². The van der Waals surface area contributed by atoms with Gasteiger partial charge in [0, 0.05) is 17.3 Å². The van der Waals surface area contributed by atoms with Crippen molar-refractivity contribution in [3.63, 3.8) is 0 Å². The van der Waals surface area contributed by atoms with Gasteiger partial charge in [-0.1, -0.05) is 85.7 Å². The van der Waals surface area contributed by atoms with Crippen molar-refractivity contribution in [2.75, 3.05) is 16.8 Å². The van der Waals surface area contributed by atoms with Gasteiger partial charge in [0.05, 0.1) is 30.2 Å². The number of fused-ring (bicyclic) bond motifs is 3. The molecule has 0 bridgehead atoms. The van der Waals surface area contributed by atoms with E-state index in [1.165, 1.54) is 21.6 Å². The fourth-order valence-electron chi connectivity index (χ4n) is 7.66. The maximum atomic E-state index is 14.1. The number of nitrogens with one attached hydrogen (secondary N) is 1. The van der Waals surface area contributed by atoms with E-state index in [0.29, 0.717) is 18.7 Å². The van der Waals surface area contributed by atoms with Crippen molar-refractivity contribution in [1.82, 2.24) is 0 Å². The summed E-state index contributed by atoms with van der Waals surface area (Å²) >= 11 is 0. The molecule has 4 atom stereocenters. The molecule has 2 heterocycles. The van der Waals surface area contributed by atoms with Crippen molar-refractivity contribution in [2.45, 2.75) is 45.1 Å². The lowest BCUT2D eigenvalue weighted by Gasteiger charge is -2.32. The average Bonchev–Trinajstić information content (AvgIpc) is 3.63. The third-order valence-corrected chi connectivity index (χ3v) is 9.80. The topological polar surface area (TPSA) is 78.9 Å². The molecule has 4 aromatic rings. The number of carbonyl (C=O) groups is 2. The highest BCUT2D eigenvalue weighted by atomic mass is 16.5. The number of benzene rings is 4. The summed E-state index contributed by atoms with van der Waals surface area (Å²) in [6.45, 7) is 2.63. The van der Waals surface area contributed by atoms with E-state index in [0.717, 1.165) is 48.2 Å². The summed E-state index contributed by atoms with van der Waals surface area (Å²) in [7, 11) is 0. The minimum Gasteiger partial charge on any atom is -0.508 e. The largest absolute Gasteiger partial charge is 0.508 e. The van der Waals surface area contributed by atoms with Gasteiger partial charge in [0.2, 0.25) is 11.8 Å². The summed E-state index contributed by atoms with van der Waals surface area (Å²) in [5, 5.41) is 13.2. The number of hydrogen-bond acceptors (Lipinski definition) is 5. The molecule has 2 amide bonds. The van der Waals surface area contributed by atoms with Crippen molar-refractivity contribution < 1.29 is 19.4 Å².